The fourth-order valence-corrected chi connectivity index (χ4v) is 2.34. The molecule has 2 nitrogen and oxygen atoms in total. The molecule has 82 valence electrons. The van der Waals surface area contributed by atoms with Gasteiger partial charge >= 0.3 is 0 Å². The Kier molecular flexibility index (Phi) is 2.57. The van der Waals surface area contributed by atoms with E-state index in [2.05, 4.69) is 31.3 Å². The lowest BCUT2D eigenvalue weighted by molar-refractivity contribution is -0.00708. The summed E-state index contributed by atoms with van der Waals surface area (Å²) in [5.41, 5.74) is 0.391. The van der Waals surface area contributed by atoms with Crippen LogP contribution in [-0.2, 0) is 5.41 Å². The van der Waals surface area contributed by atoms with E-state index in [1.54, 1.807) is 0 Å². The van der Waals surface area contributed by atoms with Crippen molar-refractivity contribution >= 4 is 0 Å². The summed E-state index contributed by atoms with van der Waals surface area (Å²) < 4.78 is 0. The fourth-order valence-electron chi connectivity index (χ4n) is 2.34. The van der Waals surface area contributed by atoms with Crippen molar-refractivity contribution in [1.29, 1.82) is 0 Å². The lowest BCUT2D eigenvalue weighted by atomic mass is 9.69. The van der Waals surface area contributed by atoms with Gasteiger partial charge in [0, 0.05) is 12.0 Å². The van der Waals surface area contributed by atoms with Crippen LogP contribution < -0.4 is 5.32 Å². The van der Waals surface area contributed by atoms with Crippen LogP contribution in [0.1, 0.15) is 25.8 Å². The second-order valence-electron chi connectivity index (χ2n) is 4.95. The van der Waals surface area contributed by atoms with Gasteiger partial charge in [0.25, 0.3) is 0 Å². The van der Waals surface area contributed by atoms with Gasteiger partial charge in [-0.05, 0) is 18.5 Å². The second-order valence-corrected chi connectivity index (χ2v) is 4.95. The van der Waals surface area contributed by atoms with Gasteiger partial charge in [-0.25, -0.2) is 0 Å². The molecule has 1 atom stereocenters. The highest BCUT2D eigenvalue weighted by atomic mass is 16.3. The predicted molar refractivity (Wildman–Crippen MR) is 61.9 cm³/mol. The molecule has 1 aliphatic rings. The number of rotatable bonds is 2. The van der Waals surface area contributed by atoms with E-state index < -0.39 is 5.60 Å². The standard InChI is InChI=1S/C13H19NO/c1-12(2,11-6-4-3-5-7-11)13(15)8-9-14-10-13/h3-7,14-15H,8-10H2,1-2H3. The van der Waals surface area contributed by atoms with Crippen LogP contribution in [0.5, 0.6) is 0 Å². The molecule has 15 heavy (non-hydrogen) atoms. The Morgan fingerprint density at radius 3 is 2.47 bits per heavy atom. The maximum Gasteiger partial charge on any atom is 0.0874 e. The average molecular weight is 205 g/mol. The Labute approximate surface area is 91.3 Å². The minimum absolute atomic E-state index is 0.197. The third-order valence-corrected chi connectivity index (χ3v) is 3.79. The first-order valence-corrected chi connectivity index (χ1v) is 5.55. The van der Waals surface area contributed by atoms with Crippen molar-refractivity contribution in [3.05, 3.63) is 35.9 Å². The highest BCUT2D eigenvalue weighted by molar-refractivity contribution is 5.28. The van der Waals surface area contributed by atoms with Crippen molar-refractivity contribution in [1.82, 2.24) is 5.32 Å². The summed E-state index contributed by atoms with van der Waals surface area (Å²) in [6.45, 7) is 5.84. The first-order chi connectivity index (χ1) is 7.06. The molecule has 0 spiro atoms. The summed E-state index contributed by atoms with van der Waals surface area (Å²) in [4.78, 5) is 0. The first kappa shape index (κ1) is 10.7. The molecule has 0 aromatic heterocycles. The van der Waals surface area contributed by atoms with Crippen LogP contribution in [0, 0.1) is 0 Å². The number of aliphatic hydroxyl groups is 1. The molecule has 0 saturated carbocycles. The van der Waals surface area contributed by atoms with Gasteiger partial charge in [-0.2, -0.15) is 0 Å². The number of benzene rings is 1. The molecule has 2 rings (SSSR count). The summed E-state index contributed by atoms with van der Waals surface area (Å²) in [7, 11) is 0. The van der Waals surface area contributed by atoms with Crippen LogP contribution in [0.3, 0.4) is 0 Å². The molecule has 0 aliphatic carbocycles. The molecule has 2 heteroatoms. The normalized spacial score (nSPS) is 26.9. The summed E-state index contributed by atoms with van der Waals surface area (Å²) >= 11 is 0. The minimum Gasteiger partial charge on any atom is -0.388 e. The number of nitrogens with one attached hydrogen (secondary N) is 1. The molecule has 1 fully saturated rings. The third-order valence-electron chi connectivity index (χ3n) is 3.79. The molecule has 1 aromatic rings. The lowest BCUT2D eigenvalue weighted by Crippen LogP contribution is -2.49. The zero-order valence-corrected chi connectivity index (χ0v) is 9.46. The maximum atomic E-state index is 10.6. The van der Waals surface area contributed by atoms with Crippen LogP contribution >= 0.6 is 0 Å². The quantitative estimate of drug-likeness (QED) is 0.770. The first-order valence-electron chi connectivity index (χ1n) is 5.55. The molecule has 0 radical (unpaired) electrons. The van der Waals surface area contributed by atoms with Gasteiger partial charge in [-0.3, -0.25) is 0 Å². The smallest absolute Gasteiger partial charge is 0.0874 e. The average Bonchev–Trinajstić information content (AvgIpc) is 2.68. The van der Waals surface area contributed by atoms with Crippen molar-refractivity contribution in [2.24, 2.45) is 0 Å². The van der Waals surface area contributed by atoms with Gasteiger partial charge in [0.05, 0.1) is 5.60 Å². The molecule has 1 unspecified atom stereocenters. The minimum atomic E-state index is -0.617. The van der Waals surface area contributed by atoms with Crippen LogP contribution in [-0.4, -0.2) is 23.8 Å². The Hall–Kier alpha value is -0.860. The molecule has 1 heterocycles. The van der Waals surface area contributed by atoms with E-state index in [0.717, 1.165) is 13.0 Å². The van der Waals surface area contributed by atoms with Crippen molar-refractivity contribution in [3.8, 4) is 0 Å². The van der Waals surface area contributed by atoms with Crippen molar-refractivity contribution in [2.75, 3.05) is 13.1 Å². The van der Waals surface area contributed by atoms with E-state index in [1.165, 1.54) is 5.56 Å². The molecule has 2 N–H and O–H groups in total. The van der Waals surface area contributed by atoms with E-state index in [1.807, 2.05) is 18.2 Å². The third kappa shape index (κ3) is 1.68. The highest BCUT2D eigenvalue weighted by Gasteiger charge is 2.46. The molecule has 0 amide bonds. The van der Waals surface area contributed by atoms with Crippen LogP contribution in [0.25, 0.3) is 0 Å². The second kappa shape index (κ2) is 3.62. The SMILES string of the molecule is CC(C)(c1ccccc1)C1(O)CCNC1. The van der Waals surface area contributed by atoms with Crippen molar-refractivity contribution in [3.63, 3.8) is 0 Å². The Morgan fingerprint density at radius 2 is 1.93 bits per heavy atom. The van der Waals surface area contributed by atoms with E-state index in [0.29, 0.717) is 6.54 Å². The van der Waals surface area contributed by atoms with Gasteiger partial charge in [-0.15, -0.1) is 0 Å². The van der Waals surface area contributed by atoms with Crippen molar-refractivity contribution in [2.45, 2.75) is 31.3 Å². The number of hydrogen-bond acceptors (Lipinski definition) is 2. The van der Waals surface area contributed by atoms with Gasteiger partial charge in [0.1, 0.15) is 0 Å². The molecule has 1 aliphatic heterocycles. The van der Waals surface area contributed by atoms with Crippen molar-refractivity contribution < 1.29 is 5.11 Å². The Bertz CT molecular complexity index is 326. The monoisotopic (exact) mass is 205 g/mol. The molecule has 1 aromatic carbocycles. The van der Waals surface area contributed by atoms with Gasteiger partial charge < -0.3 is 10.4 Å². The van der Waals surface area contributed by atoms with Crippen LogP contribution in [0.2, 0.25) is 0 Å². The maximum absolute atomic E-state index is 10.6. The zero-order valence-electron chi connectivity index (χ0n) is 9.46. The fraction of sp³-hybridized carbons (Fsp3) is 0.538. The largest absolute Gasteiger partial charge is 0.388 e. The molecular weight excluding hydrogens is 186 g/mol. The summed E-state index contributed by atoms with van der Waals surface area (Å²) in [6.07, 6.45) is 0.828. The predicted octanol–water partition coefficient (Wildman–Crippen LogP) is 1.69. The number of hydrogen-bond donors (Lipinski definition) is 2. The topological polar surface area (TPSA) is 32.3 Å². The van der Waals surface area contributed by atoms with E-state index in [9.17, 15) is 5.11 Å². The zero-order chi connectivity index (χ0) is 10.9. The van der Waals surface area contributed by atoms with Gasteiger partial charge in [0.2, 0.25) is 0 Å². The number of β-amino-alcohol motifs (C(OH)–C–C–N with tert-alkyl or cyclic N) is 1. The van der Waals surface area contributed by atoms with Gasteiger partial charge in [0.15, 0.2) is 0 Å². The summed E-state index contributed by atoms with van der Waals surface area (Å²) in [5.74, 6) is 0. The molecular formula is C13H19NO. The Balaban J connectivity index is 2.34. The molecule has 0 bridgehead atoms. The van der Waals surface area contributed by atoms with E-state index in [-0.39, 0.29) is 5.41 Å². The highest BCUT2D eigenvalue weighted by Crippen LogP contribution is 2.38. The van der Waals surface area contributed by atoms with Crippen LogP contribution in [0.4, 0.5) is 0 Å². The Morgan fingerprint density at radius 1 is 1.27 bits per heavy atom. The van der Waals surface area contributed by atoms with Crippen LogP contribution in [0.15, 0.2) is 30.3 Å². The summed E-state index contributed by atoms with van der Waals surface area (Å²) in [6, 6.07) is 10.3. The summed E-state index contributed by atoms with van der Waals surface area (Å²) in [5, 5.41) is 13.8. The van der Waals surface area contributed by atoms with E-state index >= 15 is 0 Å². The van der Waals surface area contributed by atoms with Gasteiger partial charge in [-0.1, -0.05) is 44.2 Å². The molecule has 1 saturated heterocycles. The van der Waals surface area contributed by atoms with E-state index in [4.69, 9.17) is 0 Å². The lowest BCUT2D eigenvalue weighted by Gasteiger charge is -2.40.